The van der Waals surface area contributed by atoms with E-state index in [-0.39, 0.29) is 5.78 Å². The molecule has 0 heterocycles. The fourth-order valence-corrected chi connectivity index (χ4v) is 2.88. The van der Waals surface area contributed by atoms with Crippen molar-refractivity contribution in [3.63, 3.8) is 0 Å². The first-order chi connectivity index (χ1) is 12.1. The lowest BCUT2D eigenvalue weighted by Gasteiger charge is -2.26. The van der Waals surface area contributed by atoms with Crippen LogP contribution in [0.15, 0.2) is 83.8 Å². The molecular weight excluding hydrogens is 312 g/mol. The van der Waals surface area contributed by atoms with Crippen LogP contribution < -0.4 is 0 Å². The first-order valence-corrected chi connectivity index (χ1v) is 8.08. The van der Waals surface area contributed by atoms with Gasteiger partial charge in [-0.05, 0) is 18.7 Å². The van der Waals surface area contributed by atoms with Crippen LogP contribution >= 0.6 is 0 Å². The first kappa shape index (κ1) is 16.7. The molecule has 0 saturated heterocycles. The van der Waals surface area contributed by atoms with Crippen LogP contribution in [0.25, 0.3) is 0 Å². The standard InChI is InChI=1S/C21H20N2O2/c1-4-23(3)20-15(2)19(17-12-8-9-13-18(17)21(20)24)22-25-14-16-10-6-5-7-11-16/h4-13H,1,14H2,2-3H3/b22-19-. The molecule has 1 aliphatic carbocycles. The second-order valence-corrected chi connectivity index (χ2v) is 5.84. The van der Waals surface area contributed by atoms with Crippen LogP contribution in [-0.4, -0.2) is 23.4 Å². The molecule has 2 aromatic rings. The summed E-state index contributed by atoms with van der Waals surface area (Å²) in [6.45, 7) is 6.01. The third-order valence-corrected chi connectivity index (χ3v) is 4.21. The Morgan fingerprint density at radius 1 is 1.08 bits per heavy atom. The maximum Gasteiger partial charge on any atom is 0.210 e. The van der Waals surface area contributed by atoms with Gasteiger partial charge in [0, 0.05) is 23.7 Å². The summed E-state index contributed by atoms with van der Waals surface area (Å²) in [6.07, 6.45) is 1.62. The lowest BCUT2D eigenvalue weighted by molar-refractivity contribution is 0.100. The van der Waals surface area contributed by atoms with E-state index in [9.17, 15) is 4.79 Å². The van der Waals surface area contributed by atoms with Crippen molar-refractivity contribution in [1.82, 2.24) is 4.90 Å². The van der Waals surface area contributed by atoms with Gasteiger partial charge in [-0.15, -0.1) is 0 Å². The molecule has 0 N–H and O–H groups in total. The lowest BCUT2D eigenvalue weighted by Crippen LogP contribution is -2.29. The number of carbonyl (C=O) groups is 1. The highest BCUT2D eigenvalue weighted by atomic mass is 16.6. The summed E-state index contributed by atoms with van der Waals surface area (Å²) in [7, 11) is 1.81. The fourth-order valence-electron chi connectivity index (χ4n) is 2.88. The molecule has 1 aliphatic rings. The van der Waals surface area contributed by atoms with Crippen LogP contribution in [0.5, 0.6) is 0 Å². The molecule has 0 fully saturated rings. The number of carbonyl (C=O) groups excluding carboxylic acids is 1. The summed E-state index contributed by atoms with van der Waals surface area (Å²) in [5.74, 6) is -0.0301. The number of hydrogen-bond donors (Lipinski definition) is 0. The fraction of sp³-hybridized carbons (Fsp3) is 0.143. The van der Waals surface area contributed by atoms with Gasteiger partial charge in [-0.3, -0.25) is 4.79 Å². The van der Waals surface area contributed by atoms with Crippen molar-refractivity contribution in [1.29, 1.82) is 0 Å². The highest BCUT2D eigenvalue weighted by Gasteiger charge is 2.30. The van der Waals surface area contributed by atoms with Gasteiger partial charge in [0.1, 0.15) is 12.3 Å². The van der Waals surface area contributed by atoms with Crippen molar-refractivity contribution in [3.05, 3.63) is 95.3 Å². The summed E-state index contributed by atoms with van der Waals surface area (Å²) >= 11 is 0. The molecule has 3 rings (SSSR count). The van der Waals surface area contributed by atoms with Gasteiger partial charge in [0.05, 0.1) is 5.70 Å². The summed E-state index contributed by atoms with van der Waals surface area (Å²) < 4.78 is 0. The molecule has 0 spiro atoms. The number of hydrogen-bond acceptors (Lipinski definition) is 4. The number of rotatable bonds is 5. The van der Waals surface area contributed by atoms with Gasteiger partial charge < -0.3 is 9.74 Å². The van der Waals surface area contributed by atoms with Crippen molar-refractivity contribution in [2.75, 3.05) is 7.05 Å². The summed E-state index contributed by atoms with van der Waals surface area (Å²) in [6, 6.07) is 17.3. The third kappa shape index (κ3) is 3.24. The number of allylic oxidation sites excluding steroid dienone is 2. The number of Topliss-reactive ketones (excluding diaryl/α,β-unsaturated/α-hetero) is 1. The molecule has 126 valence electrons. The van der Waals surface area contributed by atoms with Crippen LogP contribution in [0.2, 0.25) is 0 Å². The molecule has 0 radical (unpaired) electrons. The molecule has 0 saturated carbocycles. The smallest absolute Gasteiger partial charge is 0.210 e. The maximum atomic E-state index is 12.8. The summed E-state index contributed by atoms with van der Waals surface area (Å²) in [5.41, 5.74) is 4.47. The van der Waals surface area contributed by atoms with Gasteiger partial charge >= 0.3 is 0 Å². The predicted molar refractivity (Wildman–Crippen MR) is 99.2 cm³/mol. The Labute approximate surface area is 147 Å². The van der Waals surface area contributed by atoms with Crippen LogP contribution in [-0.2, 0) is 11.4 Å². The number of benzene rings is 2. The molecule has 0 unspecified atom stereocenters. The molecule has 0 bridgehead atoms. The van der Waals surface area contributed by atoms with Crippen molar-refractivity contribution < 1.29 is 9.63 Å². The Morgan fingerprint density at radius 3 is 2.40 bits per heavy atom. The number of nitrogens with zero attached hydrogens (tertiary/aromatic N) is 2. The van der Waals surface area contributed by atoms with Gasteiger partial charge in [0.15, 0.2) is 0 Å². The molecule has 0 amide bonds. The average Bonchev–Trinajstić information content (AvgIpc) is 2.65. The molecule has 0 aliphatic heterocycles. The van der Waals surface area contributed by atoms with E-state index in [0.717, 1.165) is 16.7 Å². The van der Waals surface area contributed by atoms with E-state index in [2.05, 4.69) is 11.7 Å². The average molecular weight is 332 g/mol. The van der Waals surface area contributed by atoms with E-state index < -0.39 is 0 Å². The second kappa shape index (κ2) is 7.18. The zero-order valence-electron chi connectivity index (χ0n) is 14.4. The molecule has 2 aromatic carbocycles. The van der Waals surface area contributed by atoms with Crippen LogP contribution in [0.4, 0.5) is 0 Å². The molecule has 4 heteroatoms. The Morgan fingerprint density at radius 2 is 1.72 bits per heavy atom. The van der Waals surface area contributed by atoms with Gasteiger partial charge in [0.25, 0.3) is 0 Å². The molecule has 0 aromatic heterocycles. The highest BCUT2D eigenvalue weighted by Crippen LogP contribution is 2.28. The number of ketones is 1. The van der Waals surface area contributed by atoms with Crippen LogP contribution in [0.3, 0.4) is 0 Å². The molecule has 0 atom stereocenters. The van der Waals surface area contributed by atoms with E-state index in [1.165, 1.54) is 0 Å². The summed E-state index contributed by atoms with van der Waals surface area (Å²) in [5, 5.41) is 4.35. The normalized spacial score (nSPS) is 15.1. The molecule has 4 nitrogen and oxygen atoms in total. The Hall–Kier alpha value is -3.14. The second-order valence-electron chi connectivity index (χ2n) is 5.84. The number of fused-ring (bicyclic) bond motifs is 1. The quantitative estimate of drug-likeness (QED) is 0.772. The van der Waals surface area contributed by atoms with E-state index >= 15 is 0 Å². The summed E-state index contributed by atoms with van der Waals surface area (Å²) in [4.78, 5) is 20.1. The third-order valence-electron chi connectivity index (χ3n) is 4.21. The van der Waals surface area contributed by atoms with Crippen molar-refractivity contribution in [2.24, 2.45) is 5.16 Å². The monoisotopic (exact) mass is 332 g/mol. The predicted octanol–water partition coefficient (Wildman–Crippen LogP) is 4.15. The minimum Gasteiger partial charge on any atom is -0.390 e. The van der Waals surface area contributed by atoms with Gasteiger partial charge in [-0.1, -0.05) is 66.3 Å². The SMILES string of the molecule is C=CN(C)C1=C(C)/C(=N/OCc2ccccc2)c2ccccc2C1=O. The first-order valence-electron chi connectivity index (χ1n) is 8.08. The van der Waals surface area contributed by atoms with Gasteiger partial charge in [-0.2, -0.15) is 0 Å². The Kier molecular flexibility index (Phi) is 4.80. The highest BCUT2D eigenvalue weighted by molar-refractivity contribution is 6.28. The van der Waals surface area contributed by atoms with E-state index in [4.69, 9.17) is 4.84 Å². The van der Waals surface area contributed by atoms with Crippen molar-refractivity contribution >= 4 is 11.5 Å². The molecular formula is C21H20N2O2. The largest absolute Gasteiger partial charge is 0.390 e. The van der Waals surface area contributed by atoms with Crippen molar-refractivity contribution in [2.45, 2.75) is 13.5 Å². The van der Waals surface area contributed by atoms with Crippen molar-refractivity contribution in [3.8, 4) is 0 Å². The molecule has 25 heavy (non-hydrogen) atoms. The zero-order valence-corrected chi connectivity index (χ0v) is 14.4. The van der Waals surface area contributed by atoms with E-state index in [1.807, 2.05) is 61.5 Å². The van der Waals surface area contributed by atoms with Crippen LogP contribution in [0, 0.1) is 0 Å². The minimum atomic E-state index is -0.0301. The number of oxime groups is 1. The zero-order chi connectivity index (χ0) is 17.8. The van der Waals surface area contributed by atoms with E-state index in [0.29, 0.717) is 23.6 Å². The minimum absolute atomic E-state index is 0.0301. The topological polar surface area (TPSA) is 41.9 Å². The Bertz CT molecular complexity index is 866. The maximum absolute atomic E-state index is 12.8. The van der Waals surface area contributed by atoms with E-state index in [1.54, 1.807) is 18.1 Å². The lowest BCUT2D eigenvalue weighted by atomic mass is 9.87. The number of likely N-dealkylation sites (N-methyl/N-ethyl adjacent to an activating group) is 1. The van der Waals surface area contributed by atoms with Gasteiger partial charge in [-0.25, -0.2) is 0 Å². The van der Waals surface area contributed by atoms with Gasteiger partial charge in [0.2, 0.25) is 5.78 Å². The Balaban J connectivity index is 1.99. The van der Waals surface area contributed by atoms with Crippen LogP contribution in [0.1, 0.15) is 28.4 Å².